The van der Waals surface area contributed by atoms with E-state index in [2.05, 4.69) is 10.4 Å². The van der Waals surface area contributed by atoms with Gasteiger partial charge in [-0.25, -0.2) is 4.68 Å². The van der Waals surface area contributed by atoms with E-state index in [0.717, 1.165) is 6.42 Å². The van der Waals surface area contributed by atoms with Gasteiger partial charge in [-0.2, -0.15) is 5.10 Å². The van der Waals surface area contributed by atoms with Gasteiger partial charge in [0, 0.05) is 13.5 Å². The lowest BCUT2D eigenvalue weighted by Gasteiger charge is -1.99. The molecular formula is C9H15N3O2. The molecule has 1 rings (SSSR count). The lowest BCUT2D eigenvalue weighted by Crippen LogP contribution is -2.09. The van der Waals surface area contributed by atoms with Gasteiger partial charge in [-0.3, -0.25) is 4.79 Å². The molecule has 5 heteroatoms. The number of anilines is 1. The van der Waals surface area contributed by atoms with Crippen LogP contribution in [0.25, 0.3) is 0 Å². The molecule has 78 valence electrons. The second-order valence-corrected chi connectivity index (χ2v) is 2.98. The zero-order valence-electron chi connectivity index (χ0n) is 8.49. The Hall–Kier alpha value is -1.36. The zero-order valence-corrected chi connectivity index (χ0v) is 8.49. The monoisotopic (exact) mass is 197 g/mol. The highest BCUT2D eigenvalue weighted by Gasteiger charge is 2.02. The summed E-state index contributed by atoms with van der Waals surface area (Å²) in [6, 6.07) is 0. The smallest absolute Gasteiger partial charge is 0.224 e. The predicted octanol–water partition coefficient (Wildman–Crippen LogP) is 1.23. The molecule has 0 radical (unpaired) electrons. The molecule has 1 heterocycles. The average molecular weight is 197 g/mol. The van der Waals surface area contributed by atoms with Gasteiger partial charge >= 0.3 is 0 Å². The largest absolute Gasteiger partial charge is 0.362 e. The van der Waals surface area contributed by atoms with Crippen LogP contribution >= 0.6 is 0 Å². The number of rotatable bonds is 5. The van der Waals surface area contributed by atoms with Gasteiger partial charge in [-0.15, -0.1) is 0 Å². The summed E-state index contributed by atoms with van der Waals surface area (Å²) in [5.74, 6) is 0.0180. The number of methoxy groups -OCH3 is 1. The Morgan fingerprint density at radius 2 is 2.50 bits per heavy atom. The first kappa shape index (κ1) is 10.7. The molecule has 0 atom stereocenters. The predicted molar refractivity (Wildman–Crippen MR) is 52.8 cm³/mol. The summed E-state index contributed by atoms with van der Waals surface area (Å²) in [6.07, 6.45) is 4.72. The van der Waals surface area contributed by atoms with Crippen LogP contribution in [-0.2, 0) is 16.3 Å². The normalized spacial score (nSPS) is 10.1. The first-order valence-electron chi connectivity index (χ1n) is 4.57. The molecule has 0 saturated carbocycles. The summed E-state index contributed by atoms with van der Waals surface area (Å²) in [7, 11) is 1.59. The maximum atomic E-state index is 11.2. The Morgan fingerprint density at radius 1 is 1.71 bits per heavy atom. The molecule has 0 fully saturated rings. The minimum Gasteiger partial charge on any atom is -0.362 e. The van der Waals surface area contributed by atoms with E-state index in [-0.39, 0.29) is 5.91 Å². The van der Waals surface area contributed by atoms with Crippen LogP contribution < -0.4 is 5.32 Å². The maximum Gasteiger partial charge on any atom is 0.224 e. The van der Waals surface area contributed by atoms with Crippen LogP contribution in [0.1, 0.15) is 19.8 Å². The number of nitrogens with one attached hydrogen (secondary N) is 1. The molecule has 0 saturated heterocycles. The van der Waals surface area contributed by atoms with E-state index in [9.17, 15) is 4.79 Å². The molecule has 0 spiro atoms. The third-order valence-corrected chi connectivity index (χ3v) is 1.66. The van der Waals surface area contributed by atoms with E-state index in [1.165, 1.54) is 0 Å². The summed E-state index contributed by atoms with van der Waals surface area (Å²) in [6.45, 7) is 2.36. The third-order valence-electron chi connectivity index (χ3n) is 1.66. The van der Waals surface area contributed by atoms with Gasteiger partial charge in [0.25, 0.3) is 0 Å². The molecule has 0 aliphatic carbocycles. The minimum absolute atomic E-state index is 0.0180. The quantitative estimate of drug-likeness (QED) is 0.772. The van der Waals surface area contributed by atoms with Crippen LogP contribution in [-0.4, -0.2) is 22.8 Å². The van der Waals surface area contributed by atoms with E-state index < -0.39 is 0 Å². The molecule has 1 aromatic rings. The number of nitrogens with zero attached hydrogens (tertiary/aromatic N) is 2. The van der Waals surface area contributed by atoms with Crippen LogP contribution in [0, 0.1) is 0 Å². The van der Waals surface area contributed by atoms with Gasteiger partial charge < -0.3 is 10.1 Å². The standard InChI is InChI=1S/C9H15N3O2/c1-3-4-9(13)11-8-5-10-12(6-8)7-14-2/h5-6H,3-4,7H2,1-2H3,(H,11,13). The Bertz CT molecular complexity index is 296. The Kier molecular flexibility index (Phi) is 4.12. The van der Waals surface area contributed by atoms with Crippen LogP contribution in [0.4, 0.5) is 5.69 Å². The van der Waals surface area contributed by atoms with E-state index in [1.54, 1.807) is 24.2 Å². The molecule has 0 aliphatic rings. The van der Waals surface area contributed by atoms with Crippen molar-refractivity contribution in [3.8, 4) is 0 Å². The van der Waals surface area contributed by atoms with Crippen molar-refractivity contribution in [3.05, 3.63) is 12.4 Å². The molecule has 1 amide bonds. The number of aromatic nitrogens is 2. The van der Waals surface area contributed by atoms with Gasteiger partial charge in [0.15, 0.2) is 0 Å². The minimum atomic E-state index is 0.0180. The molecule has 5 nitrogen and oxygen atoms in total. The van der Waals surface area contributed by atoms with Crippen LogP contribution in [0.3, 0.4) is 0 Å². The van der Waals surface area contributed by atoms with Crippen molar-refractivity contribution in [1.82, 2.24) is 9.78 Å². The van der Waals surface area contributed by atoms with Gasteiger partial charge in [0.1, 0.15) is 6.73 Å². The molecular weight excluding hydrogens is 182 g/mol. The van der Waals surface area contributed by atoms with Crippen LogP contribution in [0.2, 0.25) is 0 Å². The second-order valence-electron chi connectivity index (χ2n) is 2.98. The first-order chi connectivity index (χ1) is 6.76. The van der Waals surface area contributed by atoms with Crippen molar-refractivity contribution in [3.63, 3.8) is 0 Å². The molecule has 1 N–H and O–H groups in total. The van der Waals surface area contributed by atoms with Crippen molar-refractivity contribution in [2.24, 2.45) is 0 Å². The summed E-state index contributed by atoms with van der Waals surface area (Å²) < 4.78 is 6.49. The third kappa shape index (κ3) is 3.18. The molecule has 0 aromatic carbocycles. The fraction of sp³-hybridized carbons (Fsp3) is 0.556. The fourth-order valence-corrected chi connectivity index (χ4v) is 1.08. The highest BCUT2D eigenvalue weighted by atomic mass is 16.5. The number of carbonyl (C=O) groups is 1. The summed E-state index contributed by atoms with van der Waals surface area (Å²) in [5.41, 5.74) is 0.709. The summed E-state index contributed by atoms with van der Waals surface area (Å²) in [5, 5.41) is 6.74. The van der Waals surface area contributed by atoms with Crippen molar-refractivity contribution in [1.29, 1.82) is 0 Å². The van der Waals surface area contributed by atoms with Crippen molar-refractivity contribution < 1.29 is 9.53 Å². The number of carbonyl (C=O) groups excluding carboxylic acids is 1. The molecule has 0 unspecified atom stereocenters. The number of hydrogen-bond acceptors (Lipinski definition) is 3. The first-order valence-corrected chi connectivity index (χ1v) is 4.57. The maximum absolute atomic E-state index is 11.2. The lowest BCUT2D eigenvalue weighted by molar-refractivity contribution is -0.116. The number of amides is 1. The van der Waals surface area contributed by atoms with Gasteiger partial charge in [0.05, 0.1) is 18.1 Å². The van der Waals surface area contributed by atoms with E-state index in [4.69, 9.17) is 4.74 Å². The van der Waals surface area contributed by atoms with E-state index >= 15 is 0 Å². The van der Waals surface area contributed by atoms with Gasteiger partial charge in [-0.1, -0.05) is 6.92 Å². The zero-order chi connectivity index (χ0) is 10.4. The van der Waals surface area contributed by atoms with Crippen LogP contribution in [0.5, 0.6) is 0 Å². The Morgan fingerprint density at radius 3 is 3.14 bits per heavy atom. The Labute approximate surface area is 83.1 Å². The molecule has 1 aromatic heterocycles. The SMILES string of the molecule is CCCC(=O)Nc1cnn(COC)c1. The molecule has 0 bridgehead atoms. The summed E-state index contributed by atoms with van der Waals surface area (Å²) >= 11 is 0. The highest BCUT2D eigenvalue weighted by Crippen LogP contribution is 2.05. The van der Waals surface area contributed by atoms with Gasteiger partial charge in [-0.05, 0) is 6.42 Å². The number of hydrogen-bond donors (Lipinski definition) is 1. The Balaban J connectivity index is 2.46. The summed E-state index contributed by atoms with van der Waals surface area (Å²) in [4.78, 5) is 11.2. The lowest BCUT2D eigenvalue weighted by atomic mass is 10.3. The van der Waals surface area contributed by atoms with E-state index in [0.29, 0.717) is 18.8 Å². The van der Waals surface area contributed by atoms with Crippen molar-refractivity contribution >= 4 is 11.6 Å². The topological polar surface area (TPSA) is 56.2 Å². The van der Waals surface area contributed by atoms with Crippen molar-refractivity contribution in [2.45, 2.75) is 26.5 Å². The highest BCUT2D eigenvalue weighted by molar-refractivity contribution is 5.90. The average Bonchev–Trinajstić information content (AvgIpc) is 2.53. The molecule has 14 heavy (non-hydrogen) atoms. The van der Waals surface area contributed by atoms with Crippen molar-refractivity contribution in [2.75, 3.05) is 12.4 Å². The van der Waals surface area contributed by atoms with E-state index in [1.807, 2.05) is 6.92 Å². The van der Waals surface area contributed by atoms with Crippen LogP contribution in [0.15, 0.2) is 12.4 Å². The fourth-order valence-electron chi connectivity index (χ4n) is 1.08. The second kappa shape index (κ2) is 5.39. The number of ether oxygens (including phenoxy) is 1. The van der Waals surface area contributed by atoms with Gasteiger partial charge in [0.2, 0.25) is 5.91 Å². The molecule has 0 aliphatic heterocycles.